The minimum atomic E-state index is -2.23. The van der Waals surface area contributed by atoms with Crippen molar-refractivity contribution in [1.82, 2.24) is 5.32 Å². The first-order valence-electron chi connectivity index (χ1n) is 11.7. The van der Waals surface area contributed by atoms with Gasteiger partial charge in [0.2, 0.25) is 0 Å². The summed E-state index contributed by atoms with van der Waals surface area (Å²) in [5.41, 5.74) is -1.21. The molecule has 7 nitrogen and oxygen atoms in total. The number of benzene rings is 2. The maximum Gasteiger partial charge on any atom is 0.329 e. The van der Waals surface area contributed by atoms with Gasteiger partial charge in [0.15, 0.2) is 0 Å². The summed E-state index contributed by atoms with van der Waals surface area (Å²) in [5, 5.41) is 18.1. The van der Waals surface area contributed by atoms with Gasteiger partial charge in [-0.1, -0.05) is 41.4 Å². The zero-order chi connectivity index (χ0) is 24.5. The zero-order valence-electron chi connectivity index (χ0n) is 19.4. The highest BCUT2D eigenvalue weighted by Gasteiger charge is 2.52. The lowest BCUT2D eigenvalue weighted by Gasteiger charge is -2.43. The summed E-state index contributed by atoms with van der Waals surface area (Å²) in [4.78, 5) is 29.3. The van der Waals surface area contributed by atoms with Gasteiger partial charge in [-0.2, -0.15) is 0 Å². The number of carbonyl (C=O) groups excluding carboxylic acids is 2. The number of likely N-dealkylation sites (tertiary alicyclic amines) is 1. The summed E-state index contributed by atoms with van der Waals surface area (Å²) < 4.78 is 0.681. The average molecular weight is 551 g/mol. The lowest BCUT2D eigenvalue weighted by atomic mass is 9.94. The van der Waals surface area contributed by atoms with E-state index in [4.69, 9.17) is 11.6 Å². The Hall–Kier alpha value is -2.13. The molecule has 0 bridgehead atoms. The quantitative estimate of drug-likeness (QED) is 0.445. The molecule has 2 atom stereocenters. The highest BCUT2D eigenvalue weighted by atomic mass is 79.9. The summed E-state index contributed by atoms with van der Waals surface area (Å²) in [6.07, 6.45) is 2.45. The standard InChI is InChI=1S/C25H30BrClN4O3/c1-16-9-11-30(12-10-16)15-17(2)14-28-23(32)25(34)21-13-18(26)3-8-22(21)29-24(33)31(25)20-6-4-19(27)5-7-20/h3-8,13,16-17,34H,9-12,14-15H2,1-2H3,(H,28,32)(H,29,33)/p+1. The Morgan fingerprint density at radius 3 is 2.65 bits per heavy atom. The number of anilines is 2. The van der Waals surface area contributed by atoms with E-state index in [1.165, 1.54) is 12.8 Å². The number of rotatable bonds is 6. The molecule has 2 aliphatic rings. The average Bonchev–Trinajstić information content (AvgIpc) is 2.81. The second-order valence-electron chi connectivity index (χ2n) is 9.56. The van der Waals surface area contributed by atoms with Gasteiger partial charge in [-0.25, -0.2) is 4.79 Å². The van der Waals surface area contributed by atoms with Crippen LogP contribution in [0.2, 0.25) is 5.02 Å². The molecule has 182 valence electrons. The molecule has 0 radical (unpaired) electrons. The van der Waals surface area contributed by atoms with Crippen LogP contribution < -0.4 is 20.4 Å². The number of quaternary nitrogens is 1. The highest BCUT2D eigenvalue weighted by Crippen LogP contribution is 2.41. The van der Waals surface area contributed by atoms with Crippen molar-refractivity contribution in [2.75, 3.05) is 36.4 Å². The maximum absolute atomic E-state index is 13.6. The Labute approximate surface area is 213 Å². The number of amides is 3. The van der Waals surface area contributed by atoms with Gasteiger partial charge in [-0.3, -0.25) is 9.69 Å². The van der Waals surface area contributed by atoms with Crippen LogP contribution in [0, 0.1) is 11.8 Å². The third-order valence-electron chi connectivity index (χ3n) is 6.76. The number of nitrogens with one attached hydrogen (secondary N) is 3. The van der Waals surface area contributed by atoms with Gasteiger partial charge in [-0.05, 0) is 61.2 Å². The number of hydrogen-bond donors (Lipinski definition) is 4. The first-order valence-corrected chi connectivity index (χ1v) is 12.9. The number of carbonyl (C=O) groups is 2. The SMILES string of the molecule is CC1CC[NH+](CC(C)CNC(=O)C2(O)c3cc(Br)ccc3NC(=O)N2c2ccc(Cl)cc2)CC1. The van der Waals surface area contributed by atoms with Crippen LogP contribution in [0.25, 0.3) is 0 Å². The first-order chi connectivity index (χ1) is 16.2. The first kappa shape index (κ1) is 25.0. The molecule has 0 spiro atoms. The minimum Gasteiger partial charge on any atom is -0.359 e. The van der Waals surface area contributed by atoms with Crippen LogP contribution in [0.4, 0.5) is 16.2 Å². The lowest BCUT2D eigenvalue weighted by Crippen LogP contribution is -3.13. The van der Waals surface area contributed by atoms with Gasteiger partial charge in [0.25, 0.3) is 11.6 Å². The van der Waals surface area contributed by atoms with Gasteiger partial charge in [0, 0.05) is 33.2 Å². The Bertz CT molecular complexity index is 1060. The summed E-state index contributed by atoms with van der Waals surface area (Å²) in [6, 6.07) is 10.9. The van der Waals surface area contributed by atoms with Gasteiger partial charge < -0.3 is 20.6 Å². The van der Waals surface area contributed by atoms with E-state index in [9.17, 15) is 14.7 Å². The van der Waals surface area contributed by atoms with E-state index < -0.39 is 17.7 Å². The van der Waals surface area contributed by atoms with Crippen molar-refractivity contribution in [3.05, 3.63) is 57.5 Å². The van der Waals surface area contributed by atoms with E-state index in [1.54, 1.807) is 47.4 Å². The van der Waals surface area contributed by atoms with Crippen LogP contribution >= 0.6 is 27.5 Å². The minimum absolute atomic E-state index is 0.222. The van der Waals surface area contributed by atoms with Crippen molar-refractivity contribution >= 4 is 50.8 Å². The van der Waals surface area contributed by atoms with E-state index >= 15 is 0 Å². The second kappa shape index (κ2) is 10.2. The van der Waals surface area contributed by atoms with Crippen LogP contribution in [0.1, 0.15) is 32.3 Å². The molecule has 2 aliphatic heterocycles. The molecule has 4 N–H and O–H groups in total. The van der Waals surface area contributed by atoms with E-state index in [1.807, 2.05) is 0 Å². The second-order valence-corrected chi connectivity index (χ2v) is 10.9. The molecule has 9 heteroatoms. The number of aliphatic hydroxyl groups is 1. The Morgan fingerprint density at radius 1 is 1.29 bits per heavy atom. The van der Waals surface area contributed by atoms with Crippen molar-refractivity contribution < 1.29 is 19.6 Å². The molecule has 1 saturated heterocycles. The predicted octanol–water partition coefficient (Wildman–Crippen LogP) is 3.37. The molecule has 2 aromatic carbocycles. The number of piperidine rings is 1. The van der Waals surface area contributed by atoms with Crippen LogP contribution in [0.15, 0.2) is 46.9 Å². The van der Waals surface area contributed by atoms with E-state index in [0.29, 0.717) is 27.4 Å². The largest absolute Gasteiger partial charge is 0.359 e. The molecule has 34 heavy (non-hydrogen) atoms. The van der Waals surface area contributed by atoms with Gasteiger partial charge >= 0.3 is 6.03 Å². The summed E-state index contributed by atoms with van der Waals surface area (Å²) in [6.45, 7) is 8.05. The van der Waals surface area contributed by atoms with E-state index in [2.05, 4.69) is 40.4 Å². The molecule has 1 fully saturated rings. The molecule has 2 unspecified atom stereocenters. The number of fused-ring (bicyclic) bond motifs is 1. The number of halogens is 2. The predicted molar refractivity (Wildman–Crippen MR) is 137 cm³/mol. The number of urea groups is 1. The summed E-state index contributed by atoms with van der Waals surface area (Å²) in [5.74, 6) is 0.355. The Morgan fingerprint density at radius 2 is 1.97 bits per heavy atom. The molecule has 0 aromatic heterocycles. The molecular formula is C25H31BrClN4O3+. The summed E-state index contributed by atoms with van der Waals surface area (Å²) >= 11 is 9.45. The fourth-order valence-electron chi connectivity index (χ4n) is 4.80. The topological polar surface area (TPSA) is 86.1 Å². The number of nitrogens with zero attached hydrogens (tertiary/aromatic N) is 1. The molecule has 2 aromatic rings. The molecule has 4 rings (SSSR count). The third kappa shape index (κ3) is 5.10. The number of hydrogen-bond acceptors (Lipinski definition) is 3. The maximum atomic E-state index is 13.6. The molecular weight excluding hydrogens is 520 g/mol. The lowest BCUT2D eigenvalue weighted by molar-refractivity contribution is -0.909. The Kier molecular flexibility index (Phi) is 7.52. The fraction of sp³-hybridized carbons (Fsp3) is 0.440. The molecule has 2 heterocycles. The van der Waals surface area contributed by atoms with Gasteiger partial charge in [0.1, 0.15) is 0 Å². The smallest absolute Gasteiger partial charge is 0.329 e. The van der Waals surface area contributed by atoms with E-state index in [-0.39, 0.29) is 11.5 Å². The van der Waals surface area contributed by atoms with Gasteiger partial charge in [-0.15, -0.1) is 0 Å². The fourth-order valence-corrected chi connectivity index (χ4v) is 5.29. The monoisotopic (exact) mass is 549 g/mol. The van der Waals surface area contributed by atoms with Crippen LogP contribution in [-0.2, 0) is 10.5 Å². The van der Waals surface area contributed by atoms with Crippen molar-refractivity contribution in [3.63, 3.8) is 0 Å². The molecule has 0 saturated carbocycles. The normalized spacial score (nSPS) is 25.3. The molecule has 3 amide bonds. The highest BCUT2D eigenvalue weighted by molar-refractivity contribution is 9.10. The van der Waals surface area contributed by atoms with Crippen molar-refractivity contribution in [1.29, 1.82) is 0 Å². The van der Waals surface area contributed by atoms with Crippen LogP contribution in [-0.4, -0.2) is 43.2 Å². The van der Waals surface area contributed by atoms with Crippen LogP contribution in [0.3, 0.4) is 0 Å². The van der Waals surface area contributed by atoms with E-state index in [0.717, 1.165) is 30.5 Å². The van der Waals surface area contributed by atoms with Crippen molar-refractivity contribution in [2.45, 2.75) is 32.4 Å². The molecule has 0 aliphatic carbocycles. The van der Waals surface area contributed by atoms with Crippen molar-refractivity contribution in [3.8, 4) is 0 Å². The van der Waals surface area contributed by atoms with Crippen molar-refractivity contribution in [2.24, 2.45) is 11.8 Å². The Balaban J connectivity index is 1.58. The van der Waals surface area contributed by atoms with Gasteiger partial charge in [0.05, 0.1) is 25.3 Å². The third-order valence-corrected chi connectivity index (χ3v) is 7.50. The van der Waals surface area contributed by atoms with Crippen LogP contribution in [0.5, 0.6) is 0 Å². The zero-order valence-corrected chi connectivity index (χ0v) is 21.7. The summed E-state index contributed by atoms with van der Waals surface area (Å²) in [7, 11) is 0.